The smallest absolute Gasteiger partial charge is 0.163 e. The van der Waals surface area contributed by atoms with Gasteiger partial charge in [-0.15, -0.1) is 0 Å². The number of nitrogens with zero attached hydrogens (tertiary/aromatic N) is 4. The number of aromatic nitrogens is 4. The highest BCUT2D eigenvalue weighted by molar-refractivity contribution is 6.10. The van der Waals surface area contributed by atoms with Crippen molar-refractivity contribution in [2.24, 2.45) is 0 Å². The molecule has 0 saturated carbocycles. The van der Waals surface area contributed by atoms with E-state index in [1.807, 2.05) is 18.2 Å². The molecule has 1 aliphatic rings. The zero-order chi connectivity index (χ0) is 35.6. The van der Waals surface area contributed by atoms with Crippen molar-refractivity contribution >= 4 is 32.6 Å². The van der Waals surface area contributed by atoms with Crippen LogP contribution in [0, 0.1) is 0 Å². The molecular weight excluding hydrogens is 657 g/mol. The Bertz CT molecular complexity index is 3010. The van der Waals surface area contributed by atoms with E-state index in [-0.39, 0.29) is 0 Å². The largest absolute Gasteiger partial charge is 0.309 e. The fourth-order valence-corrected chi connectivity index (χ4v) is 8.69. The van der Waals surface area contributed by atoms with E-state index in [1.165, 1.54) is 38.4 Å². The molecule has 0 N–H and O–H groups in total. The van der Waals surface area contributed by atoms with Crippen LogP contribution in [0.4, 0.5) is 0 Å². The first kappa shape index (κ1) is 30.5. The Kier molecular flexibility index (Phi) is 6.73. The Labute approximate surface area is 312 Å². The highest BCUT2D eigenvalue weighted by Crippen LogP contribution is 2.55. The fourth-order valence-electron chi connectivity index (χ4n) is 8.69. The number of hydrogen-bond donors (Lipinski definition) is 0. The summed E-state index contributed by atoms with van der Waals surface area (Å²) in [6.45, 7) is 0. The van der Waals surface area contributed by atoms with Crippen LogP contribution in [0.25, 0.3) is 72.2 Å². The van der Waals surface area contributed by atoms with Crippen LogP contribution in [-0.2, 0) is 5.41 Å². The zero-order valence-corrected chi connectivity index (χ0v) is 29.3. The van der Waals surface area contributed by atoms with Gasteiger partial charge in [-0.05, 0) is 81.1 Å². The topological polar surface area (TPSA) is 43.6 Å². The molecule has 10 aromatic rings. The Hall–Kier alpha value is -7.17. The molecule has 2 heterocycles. The number of fused-ring (bicyclic) bond motifs is 7. The minimum absolute atomic E-state index is 0.638. The molecule has 0 bridgehead atoms. The van der Waals surface area contributed by atoms with E-state index >= 15 is 0 Å². The summed E-state index contributed by atoms with van der Waals surface area (Å²) in [6, 6.07) is 68.9. The first-order chi connectivity index (χ1) is 26.8. The van der Waals surface area contributed by atoms with Crippen molar-refractivity contribution in [1.82, 2.24) is 19.5 Å². The van der Waals surface area contributed by atoms with Crippen LogP contribution in [0.2, 0.25) is 0 Å². The van der Waals surface area contributed by atoms with Crippen LogP contribution >= 0.6 is 0 Å². The maximum absolute atomic E-state index is 5.56. The van der Waals surface area contributed by atoms with E-state index in [0.29, 0.717) is 17.5 Å². The summed E-state index contributed by atoms with van der Waals surface area (Å²) in [5.74, 6) is 1.98. The lowest BCUT2D eigenvalue weighted by Gasteiger charge is -2.32. The normalized spacial score (nSPS) is 13.0. The number of hydrogen-bond acceptors (Lipinski definition) is 3. The van der Waals surface area contributed by atoms with E-state index in [0.717, 1.165) is 38.8 Å². The summed E-state index contributed by atoms with van der Waals surface area (Å²) < 4.78 is 2.34. The summed E-state index contributed by atoms with van der Waals surface area (Å²) in [6.07, 6.45) is 0. The minimum Gasteiger partial charge on any atom is -0.309 e. The SMILES string of the molecule is c1ccc(-c2nc(-c3ccc4c(c3)c3ccccc3n4-c3ccccc3)nc(C3(c4ccc5ccccc5c4)c4ccccc4-c4ccccc43)n2)cc1. The third kappa shape index (κ3) is 4.47. The lowest BCUT2D eigenvalue weighted by Crippen LogP contribution is -2.31. The second-order valence-corrected chi connectivity index (χ2v) is 14.0. The van der Waals surface area contributed by atoms with E-state index in [9.17, 15) is 0 Å². The van der Waals surface area contributed by atoms with Gasteiger partial charge in [0.1, 0.15) is 5.41 Å². The first-order valence-corrected chi connectivity index (χ1v) is 18.4. The molecule has 0 atom stereocenters. The van der Waals surface area contributed by atoms with Gasteiger partial charge >= 0.3 is 0 Å². The van der Waals surface area contributed by atoms with Gasteiger partial charge in [0.25, 0.3) is 0 Å². The third-order valence-corrected chi connectivity index (χ3v) is 11.1. The van der Waals surface area contributed by atoms with Gasteiger partial charge in [0, 0.05) is 27.6 Å². The lowest BCUT2D eigenvalue weighted by atomic mass is 9.71. The molecule has 11 rings (SSSR count). The van der Waals surface area contributed by atoms with Crippen molar-refractivity contribution in [3.63, 3.8) is 0 Å². The van der Waals surface area contributed by atoms with Crippen LogP contribution in [0.1, 0.15) is 22.5 Å². The molecule has 0 unspecified atom stereocenters. The molecule has 0 saturated heterocycles. The van der Waals surface area contributed by atoms with Crippen molar-refractivity contribution in [2.75, 3.05) is 0 Å². The molecule has 2 aromatic heterocycles. The standard InChI is InChI=1S/C50H32N4/c1-3-16-34(17-4-1)47-51-48(36-28-30-46-42(32-36)41-23-11-14-26-45(41)54(46)38-19-5-2-6-20-38)53-49(52-47)50(37-29-27-33-15-7-8-18-35(33)31-37)43-24-12-9-21-39(43)40-22-10-13-25-44(40)50/h1-32H. The molecule has 54 heavy (non-hydrogen) atoms. The van der Waals surface area contributed by atoms with Gasteiger partial charge in [-0.2, -0.15) is 0 Å². The predicted molar refractivity (Wildman–Crippen MR) is 220 cm³/mol. The predicted octanol–water partition coefficient (Wildman–Crippen LogP) is 11.8. The van der Waals surface area contributed by atoms with Gasteiger partial charge in [-0.25, -0.2) is 15.0 Å². The Morgan fingerprint density at radius 1 is 0.389 bits per heavy atom. The van der Waals surface area contributed by atoms with Crippen LogP contribution < -0.4 is 0 Å². The van der Waals surface area contributed by atoms with Crippen LogP contribution in [-0.4, -0.2) is 19.5 Å². The quantitative estimate of drug-likeness (QED) is 0.181. The number of para-hydroxylation sites is 2. The van der Waals surface area contributed by atoms with Gasteiger partial charge in [-0.3, -0.25) is 0 Å². The molecule has 0 spiro atoms. The van der Waals surface area contributed by atoms with E-state index in [2.05, 4.69) is 180 Å². The third-order valence-electron chi connectivity index (χ3n) is 11.1. The van der Waals surface area contributed by atoms with E-state index in [1.54, 1.807) is 0 Å². The summed E-state index contributed by atoms with van der Waals surface area (Å²) >= 11 is 0. The average Bonchev–Trinajstić information content (AvgIpc) is 3.75. The van der Waals surface area contributed by atoms with Crippen molar-refractivity contribution in [1.29, 1.82) is 0 Å². The monoisotopic (exact) mass is 688 g/mol. The summed E-state index contributed by atoms with van der Waals surface area (Å²) in [5, 5.41) is 4.70. The van der Waals surface area contributed by atoms with Crippen molar-refractivity contribution in [2.45, 2.75) is 5.41 Å². The molecule has 8 aromatic carbocycles. The Balaban J connectivity index is 1.23. The van der Waals surface area contributed by atoms with Gasteiger partial charge in [0.05, 0.1) is 11.0 Å². The number of rotatable bonds is 5. The fraction of sp³-hybridized carbons (Fsp3) is 0.0200. The maximum Gasteiger partial charge on any atom is 0.163 e. The van der Waals surface area contributed by atoms with Crippen molar-refractivity contribution in [3.8, 4) is 39.6 Å². The number of benzene rings is 8. The maximum atomic E-state index is 5.56. The lowest BCUT2D eigenvalue weighted by molar-refractivity contribution is 0.693. The molecular formula is C50H32N4. The Morgan fingerprint density at radius 2 is 0.981 bits per heavy atom. The van der Waals surface area contributed by atoms with Gasteiger partial charge in [0.15, 0.2) is 17.5 Å². The molecule has 252 valence electrons. The van der Waals surface area contributed by atoms with Crippen LogP contribution in [0.3, 0.4) is 0 Å². The molecule has 4 heteroatoms. The average molecular weight is 689 g/mol. The molecule has 0 amide bonds. The second-order valence-electron chi connectivity index (χ2n) is 14.0. The summed E-state index contributed by atoms with van der Waals surface area (Å²) in [5.41, 5.74) is 10.3. The summed E-state index contributed by atoms with van der Waals surface area (Å²) in [4.78, 5) is 16.3. The van der Waals surface area contributed by atoms with E-state index < -0.39 is 5.41 Å². The first-order valence-electron chi connectivity index (χ1n) is 18.4. The molecule has 0 radical (unpaired) electrons. The highest BCUT2D eigenvalue weighted by Gasteiger charge is 2.49. The minimum atomic E-state index is -0.800. The second kappa shape index (κ2) is 11.9. The van der Waals surface area contributed by atoms with Gasteiger partial charge < -0.3 is 4.57 Å². The molecule has 0 fully saturated rings. The summed E-state index contributed by atoms with van der Waals surface area (Å²) in [7, 11) is 0. The highest BCUT2D eigenvalue weighted by atomic mass is 15.1. The van der Waals surface area contributed by atoms with Crippen LogP contribution in [0.5, 0.6) is 0 Å². The molecule has 1 aliphatic carbocycles. The van der Waals surface area contributed by atoms with Gasteiger partial charge in [0.2, 0.25) is 0 Å². The Morgan fingerprint density at radius 3 is 1.74 bits per heavy atom. The van der Waals surface area contributed by atoms with Crippen molar-refractivity contribution < 1.29 is 0 Å². The van der Waals surface area contributed by atoms with Crippen molar-refractivity contribution in [3.05, 3.63) is 217 Å². The zero-order valence-electron chi connectivity index (χ0n) is 29.3. The van der Waals surface area contributed by atoms with E-state index in [4.69, 9.17) is 15.0 Å². The molecule has 4 nitrogen and oxygen atoms in total. The molecule has 0 aliphatic heterocycles. The van der Waals surface area contributed by atoms with Gasteiger partial charge in [-0.1, -0.05) is 152 Å². The van der Waals surface area contributed by atoms with Crippen LogP contribution in [0.15, 0.2) is 194 Å².